The van der Waals surface area contributed by atoms with Crippen LogP contribution in [-0.2, 0) is 9.59 Å². The van der Waals surface area contributed by atoms with Crippen molar-refractivity contribution in [1.82, 2.24) is 0 Å². The molecule has 0 fully saturated rings. The maximum atomic E-state index is 13.3. The van der Waals surface area contributed by atoms with Crippen molar-refractivity contribution in [3.05, 3.63) is 83.9 Å². The molecular weight excluding hydrogens is 418 g/mol. The normalized spacial score (nSPS) is 15.2. The number of amides is 2. The van der Waals surface area contributed by atoms with Gasteiger partial charge in [0, 0.05) is 17.2 Å². The average Bonchev–Trinajstić information content (AvgIpc) is 2.95. The number of fused-ring (bicyclic) bond motifs is 1. The molecule has 1 aliphatic heterocycles. The Kier molecular flexibility index (Phi) is 6.40. The van der Waals surface area contributed by atoms with Crippen LogP contribution in [0, 0.1) is 0 Å². The number of aliphatic imine (C=N–C) groups is 1. The standard InChI is InChI=1S/C26H25N3O4/c1-17-26(31)29(16-24(30)28-21-15-19(32-2)13-14-23(21)33-3)22-12-8-7-11-20(22)25(27-17)18-9-5-4-6-10-18/h4-15,17H,16H2,1-3H3,(H,28,30). The van der Waals surface area contributed by atoms with Gasteiger partial charge in [0.05, 0.1) is 31.3 Å². The molecule has 4 rings (SSSR count). The SMILES string of the molecule is COc1ccc(OC)c(NC(=O)CN2C(=O)C(C)N=C(c3ccccc3)c3ccccc32)c1. The van der Waals surface area contributed by atoms with Crippen molar-refractivity contribution in [2.45, 2.75) is 13.0 Å². The predicted octanol–water partition coefficient (Wildman–Crippen LogP) is 3.92. The summed E-state index contributed by atoms with van der Waals surface area (Å²) in [5, 5.41) is 2.84. The highest BCUT2D eigenvalue weighted by Gasteiger charge is 2.30. The van der Waals surface area contributed by atoms with Gasteiger partial charge in [-0.3, -0.25) is 14.6 Å². The Bertz CT molecular complexity index is 1210. The molecule has 1 unspecified atom stereocenters. The van der Waals surface area contributed by atoms with Gasteiger partial charge in [-0.05, 0) is 25.1 Å². The second-order valence-corrected chi connectivity index (χ2v) is 7.58. The van der Waals surface area contributed by atoms with E-state index in [1.165, 1.54) is 12.0 Å². The van der Waals surface area contributed by atoms with Crippen molar-refractivity contribution in [2.75, 3.05) is 31.0 Å². The number of benzene rings is 3. The zero-order valence-electron chi connectivity index (χ0n) is 18.7. The van der Waals surface area contributed by atoms with E-state index in [1.807, 2.05) is 54.6 Å². The summed E-state index contributed by atoms with van der Waals surface area (Å²) in [4.78, 5) is 32.5. The molecule has 7 heteroatoms. The van der Waals surface area contributed by atoms with Gasteiger partial charge in [-0.2, -0.15) is 0 Å². The Morgan fingerprint density at radius 1 is 1.00 bits per heavy atom. The molecular formula is C26H25N3O4. The first kappa shape index (κ1) is 22.1. The fraction of sp³-hybridized carbons (Fsp3) is 0.192. The number of methoxy groups -OCH3 is 2. The number of benzodiazepines with no additional fused rings is 1. The maximum absolute atomic E-state index is 13.3. The molecule has 1 N–H and O–H groups in total. The van der Waals surface area contributed by atoms with Crippen LogP contribution in [0.25, 0.3) is 0 Å². The lowest BCUT2D eigenvalue weighted by atomic mass is 10.0. The van der Waals surface area contributed by atoms with Gasteiger partial charge < -0.3 is 19.7 Å². The average molecular weight is 444 g/mol. The molecule has 33 heavy (non-hydrogen) atoms. The number of nitrogens with zero attached hydrogens (tertiary/aromatic N) is 2. The lowest BCUT2D eigenvalue weighted by molar-refractivity contribution is -0.122. The van der Waals surface area contributed by atoms with E-state index in [0.29, 0.717) is 22.9 Å². The van der Waals surface area contributed by atoms with Gasteiger partial charge in [0.25, 0.3) is 5.91 Å². The third-order valence-electron chi connectivity index (χ3n) is 5.43. The lowest BCUT2D eigenvalue weighted by Gasteiger charge is -2.24. The second-order valence-electron chi connectivity index (χ2n) is 7.58. The van der Waals surface area contributed by atoms with Crippen molar-refractivity contribution in [3.63, 3.8) is 0 Å². The van der Waals surface area contributed by atoms with Crippen molar-refractivity contribution in [1.29, 1.82) is 0 Å². The Hall–Kier alpha value is -4.13. The molecule has 0 saturated carbocycles. The molecule has 0 bridgehead atoms. The smallest absolute Gasteiger partial charge is 0.252 e. The second kappa shape index (κ2) is 9.56. The van der Waals surface area contributed by atoms with Crippen molar-refractivity contribution < 1.29 is 19.1 Å². The van der Waals surface area contributed by atoms with Crippen LogP contribution < -0.4 is 19.7 Å². The van der Waals surface area contributed by atoms with E-state index < -0.39 is 6.04 Å². The van der Waals surface area contributed by atoms with Gasteiger partial charge >= 0.3 is 0 Å². The fourth-order valence-electron chi connectivity index (χ4n) is 3.81. The van der Waals surface area contributed by atoms with E-state index in [1.54, 1.807) is 32.2 Å². The van der Waals surface area contributed by atoms with Crippen LogP contribution in [0.1, 0.15) is 18.1 Å². The van der Waals surface area contributed by atoms with E-state index in [4.69, 9.17) is 14.5 Å². The summed E-state index contributed by atoms with van der Waals surface area (Å²) in [5.74, 6) is 0.466. The van der Waals surface area contributed by atoms with E-state index in [2.05, 4.69) is 5.32 Å². The minimum atomic E-state index is -0.647. The molecule has 3 aromatic carbocycles. The number of carbonyl (C=O) groups is 2. The van der Waals surface area contributed by atoms with Crippen molar-refractivity contribution in [2.24, 2.45) is 4.99 Å². The third-order valence-corrected chi connectivity index (χ3v) is 5.43. The van der Waals surface area contributed by atoms with E-state index >= 15 is 0 Å². The Labute approximate surface area is 192 Å². The molecule has 7 nitrogen and oxygen atoms in total. The zero-order valence-corrected chi connectivity index (χ0v) is 18.7. The van der Waals surface area contributed by atoms with Gasteiger partial charge in [0.15, 0.2) is 0 Å². The van der Waals surface area contributed by atoms with Crippen molar-refractivity contribution >= 4 is 28.9 Å². The van der Waals surface area contributed by atoms with Gasteiger partial charge in [-0.1, -0.05) is 48.5 Å². The van der Waals surface area contributed by atoms with Crippen LogP contribution in [0.2, 0.25) is 0 Å². The molecule has 2 amide bonds. The number of nitrogens with one attached hydrogen (secondary N) is 1. The Morgan fingerprint density at radius 2 is 1.73 bits per heavy atom. The molecule has 1 aliphatic rings. The highest BCUT2D eigenvalue weighted by atomic mass is 16.5. The highest BCUT2D eigenvalue weighted by Crippen LogP contribution is 2.30. The van der Waals surface area contributed by atoms with Crippen LogP contribution in [0.15, 0.2) is 77.8 Å². The summed E-state index contributed by atoms with van der Waals surface area (Å²) in [6, 6.07) is 21.7. The van der Waals surface area contributed by atoms with Crippen LogP contribution in [0.5, 0.6) is 11.5 Å². The third kappa shape index (κ3) is 4.57. The van der Waals surface area contributed by atoms with Crippen LogP contribution in [0.3, 0.4) is 0 Å². The molecule has 1 heterocycles. The van der Waals surface area contributed by atoms with Gasteiger partial charge in [-0.25, -0.2) is 0 Å². The van der Waals surface area contributed by atoms with Gasteiger partial charge in [-0.15, -0.1) is 0 Å². The molecule has 3 aromatic rings. The quantitative estimate of drug-likeness (QED) is 0.626. The number of rotatable bonds is 6. The number of para-hydroxylation sites is 1. The van der Waals surface area contributed by atoms with Crippen LogP contribution in [-0.4, -0.2) is 44.3 Å². The molecule has 0 spiro atoms. The molecule has 0 aliphatic carbocycles. The highest BCUT2D eigenvalue weighted by molar-refractivity contribution is 6.20. The number of ether oxygens (including phenoxy) is 2. The summed E-state index contributed by atoms with van der Waals surface area (Å²) in [7, 11) is 3.07. The van der Waals surface area contributed by atoms with Gasteiger partial charge in [0.1, 0.15) is 24.1 Å². The largest absolute Gasteiger partial charge is 0.497 e. The topological polar surface area (TPSA) is 80.2 Å². The summed E-state index contributed by atoms with van der Waals surface area (Å²) in [5.41, 5.74) is 3.54. The van der Waals surface area contributed by atoms with Crippen LogP contribution >= 0.6 is 0 Å². The Morgan fingerprint density at radius 3 is 2.45 bits per heavy atom. The molecule has 0 saturated heterocycles. The summed E-state index contributed by atoms with van der Waals surface area (Å²) in [6.45, 7) is 1.57. The van der Waals surface area contributed by atoms with E-state index in [0.717, 1.165) is 16.8 Å². The number of hydrogen-bond acceptors (Lipinski definition) is 5. The lowest BCUT2D eigenvalue weighted by Crippen LogP contribution is -2.42. The summed E-state index contributed by atoms with van der Waals surface area (Å²) < 4.78 is 10.6. The number of carbonyl (C=O) groups excluding carboxylic acids is 2. The molecule has 0 aromatic heterocycles. The predicted molar refractivity (Wildman–Crippen MR) is 129 cm³/mol. The first-order valence-corrected chi connectivity index (χ1v) is 10.6. The van der Waals surface area contributed by atoms with Crippen molar-refractivity contribution in [3.8, 4) is 11.5 Å². The fourth-order valence-corrected chi connectivity index (χ4v) is 3.81. The number of anilines is 2. The summed E-state index contributed by atoms with van der Waals surface area (Å²) in [6.07, 6.45) is 0. The number of hydrogen-bond donors (Lipinski definition) is 1. The zero-order chi connectivity index (χ0) is 23.4. The van der Waals surface area contributed by atoms with Gasteiger partial charge in [0.2, 0.25) is 5.91 Å². The molecule has 0 radical (unpaired) electrons. The van der Waals surface area contributed by atoms with E-state index in [-0.39, 0.29) is 18.4 Å². The minimum Gasteiger partial charge on any atom is -0.497 e. The summed E-state index contributed by atoms with van der Waals surface area (Å²) >= 11 is 0. The Balaban J connectivity index is 1.67. The first-order valence-electron chi connectivity index (χ1n) is 10.6. The van der Waals surface area contributed by atoms with Crippen LogP contribution in [0.4, 0.5) is 11.4 Å². The monoisotopic (exact) mass is 443 g/mol. The first-order chi connectivity index (χ1) is 16.0. The maximum Gasteiger partial charge on any atom is 0.252 e. The minimum absolute atomic E-state index is 0.169. The molecule has 168 valence electrons. The van der Waals surface area contributed by atoms with E-state index in [9.17, 15) is 9.59 Å². The molecule has 1 atom stereocenters.